The molecule has 0 aliphatic carbocycles. The Balaban J connectivity index is 1.86. The Kier molecular flexibility index (Phi) is 4.56. The molecule has 2 fully saturated rings. The zero-order chi connectivity index (χ0) is 19.3. The van der Waals surface area contributed by atoms with E-state index in [4.69, 9.17) is 0 Å². The maximum Gasteiger partial charge on any atom is 0.309 e. The third-order valence-corrected chi connectivity index (χ3v) is 7.77. The quantitative estimate of drug-likeness (QED) is 0.846. The number of hydrogen-bond donors (Lipinski definition) is 1. The molecule has 0 radical (unpaired) electrons. The van der Waals surface area contributed by atoms with Crippen molar-refractivity contribution >= 4 is 21.9 Å². The Morgan fingerprint density at radius 2 is 1.92 bits per heavy atom. The first-order valence-electron chi connectivity index (χ1n) is 8.35. The third-order valence-electron chi connectivity index (χ3n) is 5.71. The zero-order valence-electron chi connectivity index (χ0n) is 14.6. The van der Waals surface area contributed by atoms with Crippen LogP contribution in [0.5, 0.6) is 0 Å². The van der Waals surface area contributed by atoms with Gasteiger partial charge < -0.3 is 10.0 Å². The van der Waals surface area contributed by atoms with E-state index in [0.717, 1.165) is 6.07 Å². The van der Waals surface area contributed by atoms with Gasteiger partial charge in [-0.25, -0.2) is 12.8 Å². The van der Waals surface area contributed by atoms with Crippen molar-refractivity contribution in [3.8, 4) is 0 Å². The third kappa shape index (κ3) is 2.79. The number of nitrogens with zero attached hydrogens (tertiary/aromatic N) is 2. The molecule has 26 heavy (non-hydrogen) atoms. The molecule has 0 bridgehead atoms. The lowest BCUT2D eigenvalue weighted by atomic mass is 9.77. The standard InChI is InChI=1S/C17H21FN2O5S/c1-11-9-12(18)3-4-14(11)26(24,25)20-7-5-17(6-8-20)13(16(22)23)10-15(21)19(17)2/h3-4,9,13H,5-8,10H2,1-2H3,(H,22,23)/t13-/m1/s1. The number of aliphatic carboxylic acids is 1. The molecule has 2 aliphatic rings. The van der Waals surface area contributed by atoms with Crippen LogP contribution in [-0.4, -0.2) is 60.3 Å². The van der Waals surface area contributed by atoms with Gasteiger partial charge in [0.15, 0.2) is 0 Å². The molecule has 0 saturated carbocycles. The molecule has 1 aromatic carbocycles. The van der Waals surface area contributed by atoms with E-state index in [2.05, 4.69) is 0 Å². The van der Waals surface area contributed by atoms with E-state index >= 15 is 0 Å². The van der Waals surface area contributed by atoms with Crippen LogP contribution in [0.1, 0.15) is 24.8 Å². The number of amides is 1. The van der Waals surface area contributed by atoms with E-state index in [1.54, 1.807) is 7.05 Å². The predicted octanol–water partition coefficient (Wildman–Crippen LogP) is 1.22. The van der Waals surface area contributed by atoms with Crippen molar-refractivity contribution in [3.05, 3.63) is 29.6 Å². The molecule has 1 aromatic rings. The fourth-order valence-electron chi connectivity index (χ4n) is 4.14. The van der Waals surface area contributed by atoms with Gasteiger partial charge in [-0.1, -0.05) is 0 Å². The Labute approximate surface area is 151 Å². The maximum absolute atomic E-state index is 13.3. The van der Waals surface area contributed by atoms with Crippen molar-refractivity contribution in [1.82, 2.24) is 9.21 Å². The second kappa shape index (κ2) is 6.31. The Hall–Kier alpha value is -2.00. The van der Waals surface area contributed by atoms with E-state index in [-0.39, 0.29) is 43.2 Å². The van der Waals surface area contributed by atoms with Crippen LogP contribution in [0.25, 0.3) is 0 Å². The minimum atomic E-state index is -3.81. The number of carboxylic acid groups (broad SMARTS) is 1. The van der Waals surface area contributed by atoms with Gasteiger partial charge in [0.05, 0.1) is 16.4 Å². The number of piperidine rings is 1. The lowest BCUT2D eigenvalue weighted by Crippen LogP contribution is -2.56. The van der Waals surface area contributed by atoms with Crippen LogP contribution in [0.15, 0.2) is 23.1 Å². The van der Waals surface area contributed by atoms with Crippen molar-refractivity contribution in [2.75, 3.05) is 20.1 Å². The Bertz CT molecular complexity index is 862. The minimum absolute atomic E-state index is 0.0421. The van der Waals surface area contributed by atoms with Gasteiger partial charge in [-0.15, -0.1) is 0 Å². The first-order chi connectivity index (χ1) is 12.1. The van der Waals surface area contributed by atoms with E-state index in [1.807, 2.05) is 0 Å². The number of hydrogen-bond acceptors (Lipinski definition) is 4. The molecule has 1 spiro atoms. The first kappa shape index (κ1) is 18.8. The molecule has 9 heteroatoms. The summed E-state index contributed by atoms with van der Waals surface area (Å²) in [5.41, 5.74) is -0.533. The van der Waals surface area contributed by atoms with Gasteiger partial charge in [-0.05, 0) is 43.5 Å². The van der Waals surface area contributed by atoms with E-state index < -0.39 is 33.3 Å². The number of sulfonamides is 1. The molecule has 1 atom stereocenters. The molecule has 1 amide bonds. The molecule has 2 saturated heterocycles. The van der Waals surface area contributed by atoms with Crippen LogP contribution in [0.3, 0.4) is 0 Å². The summed E-state index contributed by atoms with van der Waals surface area (Å²) in [6.45, 7) is 1.76. The Morgan fingerprint density at radius 1 is 1.31 bits per heavy atom. The fraction of sp³-hybridized carbons (Fsp3) is 0.529. The number of carbonyl (C=O) groups excluding carboxylic acids is 1. The average molecular weight is 384 g/mol. The van der Waals surface area contributed by atoms with Crippen molar-refractivity contribution in [1.29, 1.82) is 0 Å². The number of rotatable bonds is 3. The lowest BCUT2D eigenvalue weighted by Gasteiger charge is -2.45. The summed E-state index contributed by atoms with van der Waals surface area (Å²) in [7, 11) is -2.23. The van der Waals surface area contributed by atoms with Crippen molar-refractivity contribution in [3.63, 3.8) is 0 Å². The van der Waals surface area contributed by atoms with Gasteiger partial charge in [-0.3, -0.25) is 9.59 Å². The molecule has 2 aliphatic heterocycles. The highest BCUT2D eigenvalue weighted by Gasteiger charge is 2.56. The number of carbonyl (C=O) groups is 2. The Morgan fingerprint density at radius 3 is 2.46 bits per heavy atom. The lowest BCUT2D eigenvalue weighted by molar-refractivity contribution is -0.145. The van der Waals surface area contributed by atoms with Crippen molar-refractivity contribution in [2.45, 2.75) is 36.6 Å². The number of halogens is 1. The van der Waals surface area contributed by atoms with E-state index in [1.165, 1.54) is 28.3 Å². The van der Waals surface area contributed by atoms with Gasteiger partial charge in [0, 0.05) is 26.6 Å². The van der Waals surface area contributed by atoms with Crippen LogP contribution in [0.4, 0.5) is 4.39 Å². The van der Waals surface area contributed by atoms with Gasteiger partial charge >= 0.3 is 5.97 Å². The number of aryl methyl sites for hydroxylation is 1. The summed E-state index contributed by atoms with van der Waals surface area (Å²) >= 11 is 0. The molecular weight excluding hydrogens is 363 g/mol. The monoisotopic (exact) mass is 384 g/mol. The molecule has 0 aromatic heterocycles. The predicted molar refractivity (Wildman–Crippen MR) is 90.4 cm³/mol. The summed E-state index contributed by atoms with van der Waals surface area (Å²) in [5.74, 6) is -2.61. The molecule has 7 nitrogen and oxygen atoms in total. The molecular formula is C17H21FN2O5S. The highest BCUT2D eigenvalue weighted by Crippen LogP contribution is 2.43. The molecule has 142 valence electrons. The van der Waals surface area contributed by atoms with Crippen LogP contribution in [0, 0.1) is 18.7 Å². The number of likely N-dealkylation sites (tertiary alicyclic amines) is 1. The SMILES string of the molecule is Cc1cc(F)ccc1S(=O)(=O)N1CCC2(CC1)[C@@H](C(=O)O)CC(=O)N2C. The zero-order valence-corrected chi connectivity index (χ0v) is 15.4. The highest BCUT2D eigenvalue weighted by molar-refractivity contribution is 7.89. The van der Waals surface area contributed by atoms with Crippen molar-refractivity contribution in [2.24, 2.45) is 5.92 Å². The van der Waals surface area contributed by atoms with Gasteiger partial charge in [0.1, 0.15) is 5.82 Å². The largest absolute Gasteiger partial charge is 0.481 e. The minimum Gasteiger partial charge on any atom is -0.481 e. The second-order valence-corrected chi connectivity index (χ2v) is 8.87. The highest BCUT2D eigenvalue weighted by atomic mass is 32.2. The van der Waals surface area contributed by atoms with E-state index in [0.29, 0.717) is 5.56 Å². The summed E-state index contributed by atoms with van der Waals surface area (Å²) in [6.07, 6.45) is 0.451. The fourth-order valence-corrected chi connectivity index (χ4v) is 5.79. The maximum atomic E-state index is 13.3. The molecule has 3 rings (SSSR count). The number of benzene rings is 1. The van der Waals surface area contributed by atoms with E-state index in [9.17, 15) is 27.5 Å². The van der Waals surface area contributed by atoms with Crippen LogP contribution < -0.4 is 0 Å². The summed E-state index contributed by atoms with van der Waals surface area (Å²) in [5, 5.41) is 9.49. The van der Waals surface area contributed by atoms with Gasteiger partial charge in [-0.2, -0.15) is 4.31 Å². The van der Waals surface area contributed by atoms with Crippen molar-refractivity contribution < 1.29 is 27.5 Å². The summed E-state index contributed by atoms with van der Waals surface area (Å²) < 4.78 is 40.3. The van der Waals surface area contributed by atoms with Gasteiger partial charge in [0.2, 0.25) is 15.9 Å². The summed E-state index contributed by atoms with van der Waals surface area (Å²) in [6, 6.07) is 3.52. The second-order valence-electron chi connectivity index (χ2n) is 6.97. The van der Waals surface area contributed by atoms with Crippen LogP contribution in [-0.2, 0) is 19.6 Å². The molecule has 2 heterocycles. The smallest absolute Gasteiger partial charge is 0.309 e. The van der Waals surface area contributed by atoms with Crippen LogP contribution >= 0.6 is 0 Å². The topological polar surface area (TPSA) is 95.0 Å². The average Bonchev–Trinajstić information content (AvgIpc) is 2.80. The number of carboxylic acids is 1. The first-order valence-corrected chi connectivity index (χ1v) is 9.79. The summed E-state index contributed by atoms with van der Waals surface area (Å²) in [4.78, 5) is 25.1. The van der Waals surface area contributed by atoms with Crippen LogP contribution in [0.2, 0.25) is 0 Å². The molecule has 1 N–H and O–H groups in total. The van der Waals surface area contributed by atoms with Gasteiger partial charge in [0.25, 0.3) is 0 Å². The molecule has 0 unspecified atom stereocenters. The normalized spacial score (nSPS) is 23.6.